The molecule has 0 aliphatic carbocycles. The summed E-state index contributed by atoms with van der Waals surface area (Å²) in [6, 6.07) is 13.4. The fourth-order valence-corrected chi connectivity index (χ4v) is 2.76. The Morgan fingerprint density at radius 3 is 1.86 bits per heavy atom. The Morgan fingerprint density at radius 1 is 0.857 bits per heavy atom. The highest BCUT2D eigenvalue weighted by molar-refractivity contribution is 5.98. The predicted molar refractivity (Wildman–Crippen MR) is 112 cm³/mol. The Hall–Kier alpha value is -3.15. The molecule has 2 aromatic rings. The van der Waals surface area contributed by atoms with Crippen molar-refractivity contribution in [2.24, 2.45) is 0 Å². The summed E-state index contributed by atoms with van der Waals surface area (Å²) in [5, 5.41) is 5.94. The number of nitrogens with one attached hydrogen (secondary N) is 2. The Balaban J connectivity index is 1.96. The van der Waals surface area contributed by atoms with Crippen molar-refractivity contribution in [3.8, 4) is 0 Å². The molecule has 2 amide bonds. The lowest BCUT2D eigenvalue weighted by atomic mass is 10.1. The van der Waals surface area contributed by atoms with E-state index in [1.54, 1.807) is 60.4 Å². The normalized spacial score (nSPS) is 11.4. The van der Waals surface area contributed by atoms with Crippen molar-refractivity contribution in [2.45, 2.75) is 33.7 Å². The van der Waals surface area contributed by atoms with Crippen molar-refractivity contribution in [3.05, 3.63) is 59.7 Å². The Bertz CT molecular complexity index is 825. The molecule has 0 saturated heterocycles. The molecule has 0 radical (unpaired) electrons. The van der Waals surface area contributed by atoms with Gasteiger partial charge in [-0.2, -0.15) is 0 Å². The van der Waals surface area contributed by atoms with Crippen molar-refractivity contribution in [1.82, 2.24) is 4.90 Å². The van der Waals surface area contributed by atoms with E-state index in [1.165, 1.54) is 6.92 Å². The first-order valence-electron chi connectivity index (χ1n) is 9.43. The van der Waals surface area contributed by atoms with Crippen molar-refractivity contribution in [1.29, 1.82) is 0 Å². The fraction of sp³-hybridized carbons (Fsp3) is 0.318. The van der Waals surface area contributed by atoms with Crippen LogP contribution >= 0.6 is 0 Å². The zero-order valence-corrected chi connectivity index (χ0v) is 16.8. The van der Waals surface area contributed by atoms with Gasteiger partial charge in [0.15, 0.2) is 5.78 Å². The van der Waals surface area contributed by atoms with E-state index in [9.17, 15) is 14.4 Å². The number of hydrogen-bond donors (Lipinski definition) is 2. The number of rotatable bonds is 8. The number of ketones is 1. The molecule has 0 fully saturated rings. The van der Waals surface area contributed by atoms with Gasteiger partial charge in [0.1, 0.15) is 6.04 Å². The lowest BCUT2D eigenvalue weighted by Gasteiger charge is -2.19. The Labute approximate surface area is 165 Å². The zero-order valence-electron chi connectivity index (χ0n) is 16.8. The van der Waals surface area contributed by atoms with Gasteiger partial charge in [-0.05, 0) is 76.2 Å². The van der Waals surface area contributed by atoms with Crippen LogP contribution in [0.4, 0.5) is 11.4 Å². The highest BCUT2D eigenvalue weighted by Gasteiger charge is 2.15. The van der Waals surface area contributed by atoms with Gasteiger partial charge in [0.2, 0.25) is 5.91 Å². The quantitative estimate of drug-likeness (QED) is 0.682. The van der Waals surface area contributed by atoms with Crippen LogP contribution in [-0.4, -0.2) is 41.6 Å². The molecule has 1 unspecified atom stereocenters. The summed E-state index contributed by atoms with van der Waals surface area (Å²) in [4.78, 5) is 37.8. The summed E-state index contributed by atoms with van der Waals surface area (Å²) >= 11 is 0. The van der Waals surface area contributed by atoms with Gasteiger partial charge in [-0.1, -0.05) is 0 Å². The molecule has 0 bridgehead atoms. The molecule has 2 N–H and O–H groups in total. The van der Waals surface area contributed by atoms with Gasteiger partial charge < -0.3 is 15.5 Å². The molecule has 0 aliphatic rings. The average molecular weight is 381 g/mol. The molecule has 6 nitrogen and oxygen atoms in total. The van der Waals surface area contributed by atoms with Crippen LogP contribution in [0.2, 0.25) is 0 Å². The predicted octanol–water partition coefficient (Wildman–Crippen LogP) is 3.81. The van der Waals surface area contributed by atoms with E-state index in [0.717, 1.165) is 5.69 Å². The highest BCUT2D eigenvalue weighted by atomic mass is 16.2. The van der Waals surface area contributed by atoms with E-state index < -0.39 is 6.04 Å². The van der Waals surface area contributed by atoms with Crippen LogP contribution in [0.5, 0.6) is 0 Å². The molecule has 2 rings (SSSR count). The molecule has 2 aromatic carbocycles. The zero-order chi connectivity index (χ0) is 20.7. The summed E-state index contributed by atoms with van der Waals surface area (Å²) in [7, 11) is 0. The molecule has 0 heterocycles. The molecule has 6 heteroatoms. The van der Waals surface area contributed by atoms with E-state index in [4.69, 9.17) is 0 Å². The van der Waals surface area contributed by atoms with Crippen LogP contribution in [0.3, 0.4) is 0 Å². The van der Waals surface area contributed by atoms with Crippen molar-refractivity contribution in [3.63, 3.8) is 0 Å². The minimum atomic E-state index is -0.475. The molecule has 1 atom stereocenters. The van der Waals surface area contributed by atoms with E-state index in [1.807, 2.05) is 13.8 Å². The number of Topliss-reactive ketones (excluding diaryl/α,β-unsaturated/α-hetero) is 1. The number of benzene rings is 2. The monoisotopic (exact) mass is 381 g/mol. The number of hydrogen-bond acceptors (Lipinski definition) is 4. The maximum atomic E-state index is 12.4. The standard InChI is InChI=1S/C22H27N3O3/c1-5-25(6-2)22(28)18-9-13-19(14-10-18)23-15(3)21(27)24-20-11-7-17(8-12-20)16(4)26/h7-15,23H,5-6H2,1-4H3,(H,24,27). The fourth-order valence-electron chi connectivity index (χ4n) is 2.76. The molecule has 28 heavy (non-hydrogen) atoms. The van der Waals surface area contributed by atoms with Gasteiger partial charge in [-0.15, -0.1) is 0 Å². The van der Waals surface area contributed by atoms with Gasteiger partial charge in [-0.3, -0.25) is 14.4 Å². The maximum absolute atomic E-state index is 12.4. The molecular weight excluding hydrogens is 354 g/mol. The van der Waals surface area contributed by atoms with Crippen molar-refractivity contribution >= 4 is 29.0 Å². The average Bonchev–Trinajstić information content (AvgIpc) is 2.69. The maximum Gasteiger partial charge on any atom is 0.253 e. The molecule has 0 spiro atoms. The second kappa shape index (κ2) is 9.69. The van der Waals surface area contributed by atoms with Crippen molar-refractivity contribution in [2.75, 3.05) is 23.7 Å². The van der Waals surface area contributed by atoms with E-state index in [2.05, 4.69) is 10.6 Å². The summed E-state index contributed by atoms with van der Waals surface area (Å²) in [6.45, 7) is 8.49. The minimum absolute atomic E-state index is 0.00338. The van der Waals surface area contributed by atoms with Crippen LogP contribution in [0.1, 0.15) is 48.4 Å². The first-order chi connectivity index (χ1) is 13.3. The van der Waals surface area contributed by atoms with Gasteiger partial charge in [-0.25, -0.2) is 0 Å². The second-order valence-corrected chi connectivity index (χ2v) is 6.54. The van der Waals surface area contributed by atoms with Crippen LogP contribution in [0.25, 0.3) is 0 Å². The molecule has 148 valence electrons. The summed E-state index contributed by atoms with van der Waals surface area (Å²) < 4.78 is 0. The minimum Gasteiger partial charge on any atom is -0.374 e. The SMILES string of the molecule is CCN(CC)C(=O)c1ccc(NC(C)C(=O)Nc2ccc(C(C)=O)cc2)cc1. The molecule has 0 aromatic heterocycles. The third-order valence-corrected chi connectivity index (χ3v) is 4.52. The molecule has 0 aliphatic heterocycles. The number of anilines is 2. The number of carbonyl (C=O) groups is 3. The number of amides is 2. The van der Waals surface area contributed by atoms with Crippen LogP contribution in [0, 0.1) is 0 Å². The summed E-state index contributed by atoms with van der Waals surface area (Å²) in [6.07, 6.45) is 0. The van der Waals surface area contributed by atoms with E-state index >= 15 is 0 Å². The van der Waals surface area contributed by atoms with E-state index in [0.29, 0.717) is 29.9 Å². The topological polar surface area (TPSA) is 78.5 Å². The summed E-state index contributed by atoms with van der Waals surface area (Å²) in [5.41, 5.74) is 2.61. The third-order valence-electron chi connectivity index (χ3n) is 4.52. The van der Waals surface area contributed by atoms with Crippen LogP contribution < -0.4 is 10.6 Å². The smallest absolute Gasteiger partial charge is 0.253 e. The Kier molecular flexibility index (Phi) is 7.32. The second-order valence-electron chi connectivity index (χ2n) is 6.54. The molecular formula is C22H27N3O3. The lowest BCUT2D eigenvalue weighted by molar-refractivity contribution is -0.116. The number of nitrogens with zero attached hydrogens (tertiary/aromatic N) is 1. The van der Waals surface area contributed by atoms with Gasteiger partial charge in [0.25, 0.3) is 5.91 Å². The first kappa shape index (κ1) is 21.2. The number of carbonyl (C=O) groups excluding carboxylic acids is 3. The first-order valence-corrected chi connectivity index (χ1v) is 9.43. The van der Waals surface area contributed by atoms with Gasteiger partial charge in [0, 0.05) is 35.6 Å². The summed E-state index contributed by atoms with van der Waals surface area (Å²) in [5.74, 6) is -0.217. The van der Waals surface area contributed by atoms with Gasteiger partial charge >= 0.3 is 0 Å². The van der Waals surface area contributed by atoms with Gasteiger partial charge in [0.05, 0.1) is 0 Å². The van der Waals surface area contributed by atoms with Crippen molar-refractivity contribution < 1.29 is 14.4 Å². The van der Waals surface area contributed by atoms with Crippen LogP contribution in [-0.2, 0) is 4.79 Å². The Morgan fingerprint density at radius 2 is 1.36 bits per heavy atom. The largest absolute Gasteiger partial charge is 0.374 e. The third kappa shape index (κ3) is 5.42. The molecule has 0 saturated carbocycles. The van der Waals surface area contributed by atoms with Crippen LogP contribution in [0.15, 0.2) is 48.5 Å². The highest BCUT2D eigenvalue weighted by Crippen LogP contribution is 2.14. The lowest BCUT2D eigenvalue weighted by Crippen LogP contribution is -2.32. The van der Waals surface area contributed by atoms with E-state index in [-0.39, 0.29) is 17.6 Å².